The molecule has 0 heterocycles. The molecule has 0 fully saturated rings. The van der Waals surface area contributed by atoms with Gasteiger partial charge in [-0.05, 0) is 17.5 Å². The lowest BCUT2D eigenvalue weighted by molar-refractivity contribution is 0.171. The molecule has 0 unspecified atom stereocenters. The van der Waals surface area contributed by atoms with Crippen molar-refractivity contribution in [2.45, 2.75) is 0 Å². The second-order valence-corrected chi connectivity index (χ2v) is 3.76. The predicted molar refractivity (Wildman–Crippen MR) is 73.6 cm³/mol. The van der Waals surface area contributed by atoms with Gasteiger partial charge in [0.2, 0.25) is 0 Å². The van der Waals surface area contributed by atoms with E-state index in [0.29, 0.717) is 0 Å². The number of benzene rings is 2. The standard InChI is InChI=1S/C14H14N2O3/c1-18-13-8-7-10(9-15-16-14(17)19-2)11-5-3-4-6-12(11)13/h3-9H,1-2H3,(H,16,17). The van der Waals surface area contributed by atoms with E-state index in [0.717, 1.165) is 22.1 Å². The zero-order valence-electron chi connectivity index (χ0n) is 10.7. The van der Waals surface area contributed by atoms with E-state index in [-0.39, 0.29) is 0 Å². The van der Waals surface area contributed by atoms with Crippen molar-refractivity contribution in [2.24, 2.45) is 5.10 Å². The molecule has 0 bridgehead atoms. The number of hydrazone groups is 1. The lowest BCUT2D eigenvalue weighted by Gasteiger charge is -2.07. The molecule has 1 N–H and O–H groups in total. The van der Waals surface area contributed by atoms with Gasteiger partial charge in [0.1, 0.15) is 5.75 Å². The van der Waals surface area contributed by atoms with Crippen molar-refractivity contribution in [3.05, 3.63) is 42.0 Å². The molecule has 2 aromatic rings. The molecule has 0 aliphatic heterocycles. The quantitative estimate of drug-likeness (QED) is 0.679. The Hall–Kier alpha value is -2.56. The highest BCUT2D eigenvalue weighted by molar-refractivity contribution is 6.02. The molecule has 1 amide bonds. The minimum absolute atomic E-state index is 0.603. The number of methoxy groups -OCH3 is 2. The van der Waals surface area contributed by atoms with Gasteiger partial charge in [0.05, 0.1) is 20.4 Å². The highest BCUT2D eigenvalue weighted by atomic mass is 16.5. The van der Waals surface area contributed by atoms with Crippen LogP contribution in [0.15, 0.2) is 41.5 Å². The van der Waals surface area contributed by atoms with Crippen LogP contribution >= 0.6 is 0 Å². The van der Waals surface area contributed by atoms with Gasteiger partial charge in [-0.2, -0.15) is 5.10 Å². The molecule has 0 atom stereocenters. The monoisotopic (exact) mass is 258 g/mol. The summed E-state index contributed by atoms with van der Waals surface area (Å²) in [5, 5.41) is 5.82. The fraction of sp³-hybridized carbons (Fsp3) is 0.143. The van der Waals surface area contributed by atoms with Crippen LogP contribution in [0.5, 0.6) is 5.75 Å². The highest BCUT2D eigenvalue weighted by Crippen LogP contribution is 2.27. The van der Waals surface area contributed by atoms with Gasteiger partial charge in [0, 0.05) is 10.9 Å². The molecule has 2 aromatic carbocycles. The van der Waals surface area contributed by atoms with Crippen LogP contribution in [0.4, 0.5) is 4.79 Å². The fourth-order valence-corrected chi connectivity index (χ4v) is 1.79. The Morgan fingerprint density at radius 1 is 1.16 bits per heavy atom. The summed E-state index contributed by atoms with van der Waals surface area (Å²) in [6, 6.07) is 11.6. The number of fused-ring (bicyclic) bond motifs is 1. The Bertz CT molecular complexity index is 623. The minimum atomic E-state index is -0.603. The SMILES string of the molecule is COC(=O)NN=Cc1ccc(OC)c2ccccc12. The van der Waals surface area contributed by atoms with Crippen molar-refractivity contribution in [3.8, 4) is 5.75 Å². The summed E-state index contributed by atoms with van der Waals surface area (Å²) in [7, 11) is 2.92. The van der Waals surface area contributed by atoms with E-state index in [9.17, 15) is 4.79 Å². The van der Waals surface area contributed by atoms with Gasteiger partial charge in [0.25, 0.3) is 0 Å². The number of hydrogen-bond donors (Lipinski definition) is 1. The number of ether oxygens (including phenoxy) is 2. The van der Waals surface area contributed by atoms with Gasteiger partial charge in [-0.15, -0.1) is 0 Å². The topological polar surface area (TPSA) is 59.9 Å². The number of carbonyl (C=O) groups is 1. The van der Waals surface area contributed by atoms with E-state index in [4.69, 9.17) is 4.74 Å². The normalized spacial score (nSPS) is 10.6. The summed E-state index contributed by atoms with van der Waals surface area (Å²) in [5.74, 6) is 0.800. The van der Waals surface area contributed by atoms with Gasteiger partial charge in [-0.3, -0.25) is 0 Å². The zero-order valence-corrected chi connectivity index (χ0v) is 10.7. The Kier molecular flexibility index (Phi) is 3.97. The van der Waals surface area contributed by atoms with Gasteiger partial charge >= 0.3 is 6.09 Å². The zero-order chi connectivity index (χ0) is 13.7. The molecule has 19 heavy (non-hydrogen) atoms. The first-order valence-electron chi connectivity index (χ1n) is 5.69. The molecule has 5 heteroatoms. The molecule has 0 spiro atoms. The molecule has 0 aliphatic rings. The Balaban J connectivity index is 2.37. The molecule has 0 radical (unpaired) electrons. The van der Waals surface area contributed by atoms with E-state index in [1.54, 1.807) is 13.3 Å². The predicted octanol–water partition coefficient (Wildman–Crippen LogP) is 2.54. The number of carbonyl (C=O) groups excluding carboxylic acids is 1. The van der Waals surface area contributed by atoms with E-state index in [1.165, 1.54) is 7.11 Å². The van der Waals surface area contributed by atoms with Crippen LogP contribution in [-0.2, 0) is 4.74 Å². The lowest BCUT2D eigenvalue weighted by atomic mass is 10.0. The largest absolute Gasteiger partial charge is 0.496 e. The van der Waals surface area contributed by atoms with Gasteiger partial charge < -0.3 is 9.47 Å². The Labute approximate surface area is 110 Å². The third kappa shape index (κ3) is 2.82. The van der Waals surface area contributed by atoms with Crippen molar-refractivity contribution < 1.29 is 14.3 Å². The molecule has 98 valence electrons. The summed E-state index contributed by atoms with van der Waals surface area (Å²) in [4.78, 5) is 10.9. The van der Waals surface area contributed by atoms with Crippen molar-refractivity contribution in [2.75, 3.05) is 14.2 Å². The smallest absolute Gasteiger partial charge is 0.427 e. The highest BCUT2D eigenvalue weighted by Gasteiger charge is 2.04. The molecule has 0 saturated carbocycles. The van der Waals surface area contributed by atoms with Crippen molar-refractivity contribution >= 4 is 23.1 Å². The maximum absolute atomic E-state index is 10.9. The van der Waals surface area contributed by atoms with Crippen molar-refractivity contribution in [1.29, 1.82) is 0 Å². The molecular formula is C14H14N2O3. The van der Waals surface area contributed by atoms with Crippen LogP contribution in [-0.4, -0.2) is 26.5 Å². The summed E-state index contributed by atoms with van der Waals surface area (Å²) in [6.45, 7) is 0. The van der Waals surface area contributed by atoms with E-state index in [1.807, 2.05) is 36.4 Å². The van der Waals surface area contributed by atoms with Gasteiger partial charge in [0.15, 0.2) is 0 Å². The molecule has 2 rings (SSSR count). The van der Waals surface area contributed by atoms with Crippen LogP contribution in [0.1, 0.15) is 5.56 Å². The van der Waals surface area contributed by atoms with Crippen LogP contribution in [0.25, 0.3) is 10.8 Å². The lowest BCUT2D eigenvalue weighted by Crippen LogP contribution is -2.16. The van der Waals surface area contributed by atoms with Crippen molar-refractivity contribution in [3.63, 3.8) is 0 Å². The maximum Gasteiger partial charge on any atom is 0.427 e. The third-order valence-electron chi connectivity index (χ3n) is 2.68. The van der Waals surface area contributed by atoms with Crippen LogP contribution < -0.4 is 10.2 Å². The average molecular weight is 258 g/mol. The van der Waals surface area contributed by atoms with Crippen LogP contribution in [0.3, 0.4) is 0 Å². The molecule has 0 aliphatic carbocycles. The number of amides is 1. The molecule has 5 nitrogen and oxygen atoms in total. The summed E-state index contributed by atoms with van der Waals surface area (Å²) in [5.41, 5.74) is 3.13. The number of rotatable bonds is 3. The fourth-order valence-electron chi connectivity index (χ4n) is 1.79. The van der Waals surface area contributed by atoms with Crippen LogP contribution in [0, 0.1) is 0 Å². The van der Waals surface area contributed by atoms with Crippen LogP contribution in [0.2, 0.25) is 0 Å². The number of hydrogen-bond acceptors (Lipinski definition) is 4. The Morgan fingerprint density at radius 3 is 2.58 bits per heavy atom. The third-order valence-corrected chi connectivity index (χ3v) is 2.68. The first-order valence-corrected chi connectivity index (χ1v) is 5.69. The van der Waals surface area contributed by atoms with Crippen molar-refractivity contribution in [1.82, 2.24) is 5.43 Å². The first-order chi connectivity index (χ1) is 9.26. The minimum Gasteiger partial charge on any atom is -0.496 e. The molecular weight excluding hydrogens is 244 g/mol. The van der Waals surface area contributed by atoms with E-state index < -0.39 is 6.09 Å². The van der Waals surface area contributed by atoms with E-state index >= 15 is 0 Å². The average Bonchev–Trinajstić information content (AvgIpc) is 2.47. The summed E-state index contributed by atoms with van der Waals surface area (Å²) < 4.78 is 9.74. The Morgan fingerprint density at radius 2 is 1.89 bits per heavy atom. The molecule has 0 aromatic heterocycles. The summed E-state index contributed by atoms with van der Waals surface area (Å²) >= 11 is 0. The first kappa shape index (κ1) is 12.9. The van der Waals surface area contributed by atoms with E-state index in [2.05, 4.69) is 15.3 Å². The maximum atomic E-state index is 10.9. The summed E-state index contributed by atoms with van der Waals surface area (Å²) in [6.07, 6.45) is 0.965. The van der Waals surface area contributed by atoms with Gasteiger partial charge in [-0.1, -0.05) is 24.3 Å². The number of nitrogens with zero attached hydrogens (tertiary/aromatic N) is 1. The second-order valence-electron chi connectivity index (χ2n) is 3.76. The second kappa shape index (κ2) is 5.86. The molecule has 0 saturated heterocycles. The van der Waals surface area contributed by atoms with Gasteiger partial charge in [-0.25, -0.2) is 10.2 Å². The number of nitrogens with one attached hydrogen (secondary N) is 1.